The van der Waals surface area contributed by atoms with E-state index in [4.69, 9.17) is 0 Å². The average molecular weight is 471 g/mol. The summed E-state index contributed by atoms with van der Waals surface area (Å²) in [6, 6.07) is 20.6. The minimum atomic E-state index is -0.302. The number of amides is 2. The van der Waals surface area contributed by atoms with Crippen LogP contribution in [-0.4, -0.2) is 28.3 Å². The smallest absolute Gasteiger partial charge is 0.251 e. The van der Waals surface area contributed by atoms with E-state index in [1.807, 2.05) is 53.9 Å². The zero-order valence-electron chi connectivity index (χ0n) is 19.3. The molecule has 2 amide bonds. The molecule has 0 fully saturated rings. The van der Waals surface area contributed by atoms with Crippen molar-refractivity contribution in [3.63, 3.8) is 0 Å². The van der Waals surface area contributed by atoms with Gasteiger partial charge in [-0.2, -0.15) is 0 Å². The lowest BCUT2D eigenvalue weighted by atomic mass is 9.87. The molecular formula is C27H26N4O2S. The Kier molecular flexibility index (Phi) is 6.84. The van der Waals surface area contributed by atoms with Gasteiger partial charge in [0.15, 0.2) is 0 Å². The first kappa shape index (κ1) is 23.3. The summed E-state index contributed by atoms with van der Waals surface area (Å²) in [5.74, 6) is -0.585. The van der Waals surface area contributed by atoms with Gasteiger partial charge in [0.05, 0.1) is 17.9 Å². The summed E-state index contributed by atoms with van der Waals surface area (Å²) >= 11 is 1.52. The molecule has 0 aliphatic carbocycles. The van der Waals surface area contributed by atoms with E-state index in [0.29, 0.717) is 11.3 Å². The Morgan fingerprint density at radius 1 is 0.941 bits per heavy atom. The number of anilines is 1. The molecule has 0 saturated carbocycles. The number of hydrogen-bond acceptors (Lipinski definition) is 5. The van der Waals surface area contributed by atoms with Gasteiger partial charge in [-0.1, -0.05) is 51.1 Å². The van der Waals surface area contributed by atoms with E-state index in [-0.39, 0.29) is 23.8 Å². The van der Waals surface area contributed by atoms with Crippen LogP contribution in [0.2, 0.25) is 0 Å². The summed E-state index contributed by atoms with van der Waals surface area (Å²) in [5.41, 5.74) is 4.85. The molecule has 6 nitrogen and oxygen atoms in total. The first-order valence-corrected chi connectivity index (χ1v) is 11.8. The standard InChI is InChI=1S/C27H26N4O2S/c1-27(2,3)20-12-10-18(11-13-20)25(33)29-16-24(32)30-21-8-6-7-19(15-21)23-17-34-26(31-23)22-9-4-5-14-28-22/h4-15,17H,16H2,1-3H3,(H,29,33)(H,30,32). The fourth-order valence-electron chi connectivity index (χ4n) is 3.36. The number of carbonyl (C=O) groups excluding carboxylic acids is 2. The molecule has 0 unspecified atom stereocenters. The Hall–Kier alpha value is -3.84. The van der Waals surface area contributed by atoms with E-state index in [1.165, 1.54) is 11.3 Å². The summed E-state index contributed by atoms with van der Waals surface area (Å²) in [6.07, 6.45) is 1.74. The highest BCUT2D eigenvalue weighted by Crippen LogP contribution is 2.29. The number of hydrogen-bond donors (Lipinski definition) is 2. The van der Waals surface area contributed by atoms with Gasteiger partial charge in [0.25, 0.3) is 5.91 Å². The lowest BCUT2D eigenvalue weighted by Crippen LogP contribution is -2.32. The third-order valence-electron chi connectivity index (χ3n) is 5.25. The van der Waals surface area contributed by atoms with Crippen molar-refractivity contribution in [2.45, 2.75) is 26.2 Å². The number of carbonyl (C=O) groups is 2. The fraction of sp³-hybridized carbons (Fsp3) is 0.185. The molecule has 0 saturated heterocycles. The van der Waals surface area contributed by atoms with Gasteiger partial charge in [0, 0.05) is 28.4 Å². The Bertz CT molecular complexity index is 1290. The van der Waals surface area contributed by atoms with Crippen molar-refractivity contribution in [1.82, 2.24) is 15.3 Å². The first-order chi connectivity index (χ1) is 16.3. The quantitative estimate of drug-likeness (QED) is 0.388. The van der Waals surface area contributed by atoms with Crippen molar-refractivity contribution in [3.8, 4) is 22.0 Å². The number of nitrogens with one attached hydrogen (secondary N) is 2. The molecule has 4 rings (SSSR count). The van der Waals surface area contributed by atoms with E-state index in [0.717, 1.165) is 27.5 Å². The molecule has 7 heteroatoms. The molecule has 0 spiro atoms. The van der Waals surface area contributed by atoms with Crippen molar-refractivity contribution in [3.05, 3.63) is 89.4 Å². The number of nitrogens with zero attached hydrogens (tertiary/aromatic N) is 2. The second kappa shape index (κ2) is 9.97. The summed E-state index contributed by atoms with van der Waals surface area (Å²) in [6.45, 7) is 6.24. The van der Waals surface area contributed by atoms with Gasteiger partial charge in [-0.15, -0.1) is 11.3 Å². The summed E-state index contributed by atoms with van der Waals surface area (Å²) in [5, 5.41) is 8.32. The van der Waals surface area contributed by atoms with Crippen molar-refractivity contribution in [2.24, 2.45) is 0 Å². The molecule has 2 aromatic carbocycles. The van der Waals surface area contributed by atoms with Gasteiger partial charge in [-0.25, -0.2) is 4.98 Å². The van der Waals surface area contributed by atoms with Gasteiger partial charge < -0.3 is 10.6 Å². The largest absolute Gasteiger partial charge is 0.343 e. The van der Waals surface area contributed by atoms with Crippen LogP contribution in [0.15, 0.2) is 78.3 Å². The molecule has 2 aromatic heterocycles. The molecule has 0 atom stereocenters. The Morgan fingerprint density at radius 3 is 2.44 bits per heavy atom. The molecule has 0 aliphatic heterocycles. The average Bonchev–Trinajstić information content (AvgIpc) is 3.33. The minimum absolute atomic E-state index is 0.0158. The number of thiazole rings is 1. The highest BCUT2D eigenvalue weighted by Gasteiger charge is 2.15. The zero-order chi connectivity index (χ0) is 24.1. The van der Waals surface area contributed by atoms with Crippen LogP contribution in [0, 0.1) is 0 Å². The second-order valence-corrected chi connectivity index (χ2v) is 9.75. The number of rotatable bonds is 6. The van der Waals surface area contributed by atoms with Crippen LogP contribution in [0.5, 0.6) is 0 Å². The Balaban J connectivity index is 1.35. The van der Waals surface area contributed by atoms with E-state index < -0.39 is 0 Å². The number of benzene rings is 2. The van der Waals surface area contributed by atoms with Crippen LogP contribution >= 0.6 is 11.3 Å². The third kappa shape index (κ3) is 5.74. The maximum Gasteiger partial charge on any atom is 0.251 e. The van der Waals surface area contributed by atoms with Gasteiger partial charge in [-0.3, -0.25) is 14.6 Å². The maximum absolute atomic E-state index is 12.4. The predicted molar refractivity (Wildman–Crippen MR) is 137 cm³/mol. The van der Waals surface area contributed by atoms with Crippen molar-refractivity contribution in [2.75, 3.05) is 11.9 Å². The molecule has 34 heavy (non-hydrogen) atoms. The van der Waals surface area contributed by atoms with E-state index in [1.54, 1.807) is 24.4 Å². The van der Waals surface area contributed by atoms with Crippen LogP contribution < -0.4 is 10.6 Å². The third-order valence-corrected chi connectivity index (χ3v) is 6.12. The molecule has 4 aromatic rings. The van der Waals surface area contributed by atoms with Gasteiger partial charge in [-0.05, 0) is 47.4 Å². The molecule has 0 bridgehead atoms. The Labute approximate surface area is 203 Å². The van der Waals surface area contributed by atoms with Crippen molar-refractivity contribution in [1.29, 1.82) is 0 Å². The van der Waals surface area contributed by atoms with E-state index in [9.17, 15) is 9.59 Å². The Morgan fingerprint density at radius 2 is 1.74 bits per heavy atom. The van der Waals surface area contributed by atoms with Crippen LogP contribution in [0.3, 0.4) is 0 Å². The first-order valence-electron chi connectivity index (χ1n) is 11.0. The predicted octanol–water partition coefficient (Wildman–Crippen LogP) is 5.54. The second-order valence-electron chi connectivity index (χ2n) is 8.89. The summed E-state index contributed by atoms with van der Waals surface area (Å²) in [7, 11) is 0. The van der Waals surface area contributed by atoms with Gasteiger partial charge >= 0.3 is 0 Å². The molecule has 2 heterocycles. The molecule has 0 aliphatic rings. The normalized spacial score (nSPS) is 11.1. The lowest BCUT2D eigenvalue weighted by molar-refractivity contribution is -0.115. The molecular weight excluding hydrogens is 444 g/mol. The monoisotopic (exact) mass is 470 g/mol. The SMILES string of the molecule is CC(C)(C)c1ccc(C(=O)NCC(=O)Nc2cccc(-c3csc(-c4ccccn4)n3)c2)cc1. The minimum Gasteiger partial charge on any atom is -0.343 e. The lowest BCUT2D eigenvalue weighted by Gasteiger charge is -2.19. The number of aromatic nitrogens is 2. The van der Waals surface area contributed by atoms with Crippen LogP contribution in [0.4, 0.5) is 5.69 Å². The topological polar surface area (TPSA) is 84.0 Å². The van der Waals surface area contributed by atoms with Crippen LogP contribution in [0.25, 0.3) is 22.0 Å². The summed E-state index contributed by atoms with van der Waals surface area (Å²) < 4.78 is 0. The number of pyridine rings is 1. The maximum atomic E-state index is 12.4. The highest BCUT2D eigenvalue weighted by atomic mass is 32.1. The molecule has 172 valence electrons. The van der Waals surface area contributed by atoms with Crippen LogP contribution in [0.1, 0.15) is 36.7 Å². The van der Waals surface area contributed by atoms with Gasteiger partial charge in [0.2, 0.25) is 5.91 Å². The molecule has 2 N–H and O–H groups in total. The van der Waals surface area contributed by atoms with Crippen LogP contribution in [-0.2, 0) is 10.2 Å². The zero-order valence-corrected chi connectivity index (χ0v) is 20.1. The van der Waals surface area contributed by atoms with Crippen molar-refractivity contribution < 1.29 is 9.59 Å². The van der Waals surface area contributed by atoms with E-state index in [2.05, 4.69) is 41.4 Å². The van der Waals surface area contributed by atoms with Gasteiger partial charge in [0.1, 0.15) is 5.01 Å². The fourth-order valence-corrected chi connectivity index (χ4v) is 4.16. The highest BCUT2D eigenvalue weighted by molar-refractivity contribution is 7.13. The van der Waals surface area contributed by atoms with Crippen molar-refractivity contribution >= 4 is 28.8 Å². The molecule has 0 radical (unpaired) electrons. The summed E-state index contributed by atoms with van der Waals surface area (Å²) in [4.78, 5) is 33.9. The van der Waals surface area contributed by atoms with E-state index >= 15 is 0 Å².